The number of hydrogen-bond donors (Lipinski definition) is 2. The summed E-state index contributed by atoms with van der Waals surface area (Å²) in [6.45, 7) is 6.90. The highest BCUT2D eigenvalue weighted by molar-refractivity contribution is 7.13. The van der Waals surface area contributed by atoms with E-state index in [9.17, 15) is 4.79 Å². The molecule has 1 amide bonds. The molecule has 2 aliphatic heterocycles. The Labute approximate surface area is 159 Å². The number of rotatable bonds is 4. The molecule has 26 heavy (non-hydrogen) atoms. The van der Waals surface area contributed by atoms with E-state index in [2.05, 4.69) is 39.7 Å². The van der Waals surface area contributed by atoms with Gasteiger partial charge in [0, 0.05) is 31.1 Å². The zero-order chi connectivity index (χ0) is 18.1. The van der Waals surface area contributed by atoms with Gasteiger partial charge in [0.1, 0.15) is 0 Å². The van der Waals surface area contributed by atoms with Crippen molar-refractivity contribution in [1.29, 1.82) is 0 Å². The predicted octanol–water partition coefficient (Wildman–Crippen LogP) is 2.61. The minimum atomic E-state index is -0.0589. The lowest BCUT2D eigenvalue weighted by Crippen LogP contribution is -2.44. The zero-order valence-corrected chi connectivity index (χ0v) is 16.6. The second-order valence-electron chi connectivity index (χ2n) is 8.19. The minimum Gasteiger partial charge on any atom is -0.373 e. The van der Waals surface area contributed by atoms with E-state index >= 15 is 0 Å². The minimum absolute atomic E-state index is 0.0589. The third-order valence-corrected chi connectivity index (χ3v) is 6.65. The molecule has 1 aromatic rings. The van der Waals surface area contributed by atoms with Gasteiger partial charge >= 0.3 is 0 Å². The molecule has 4 rings (SSSR count). The van der Waals surface area contributed by atoms with Crippen molar-refractivity contribution in [2.75, 3.05) is 18.4 Å². The predicted molar refractivity (Wildman–Crippen MR) is 103 cm³/mol. The number of ether oxygens (including phenoxy) is 1. The number of carbonyl (C=O) groups excluding carboxylic acids is 1. The maximum absolute atomic E-state index is 12.6. The van der Waals surface area contributed by atoms with Crippen molar-refractivity contribution in [3.05, 3.63) is 11.1 Å². The number of aromatic nitrogens is 1. The normalized spacial score (nSPS) is 35.2. The number of thiazole rings is 1. The van der Waals surface area contributed by atoms with Gasteiger partial charge in [-0.15, -0.1) is 11.3 Å². The fourth-order valence-corrected chi connectivity index (χ4v) is 5.50. The van der Waals surface area contributed by atoms with Crippen molar-refractivity contribution in [3.8, 4) is 0 Å². The maximum atomic E-state index is 12.6. The van der Waals surface area contributed by atoms with E-state index in [-0.39, 0.29) is 24.2 Å². The molecule has 0 aromatic carbocycles. The molecule has 0 radical (unpaired) electrons. The number of fused-ring (bicyclic) bond motifs is 1. The molecule has 7 heteroatoms. The molecule has 2 N–H and O–H groups in total. The summed E-state index contributed by atoms with van der Waals surface area (Å²) in [5, 5.41) is 9.35. The van der Waals surface area contributed by atoms with Crippen molar-refractivity contribution >= 4 is 22.4 Å². The molecule has 1 aromatic heterocycles. The molecule has 0 bridgehead atoms. The monoisotopic (exact) mass is 378 g/mol. The second-order valence-corrected chi connectivity index (χ2v) is 9.05. The average molecular weight is 379 g/mol. The highest BCUT2D eigenvalue weighted by Gasteiger charge is 2.38. The molecule has 0 spiro atoms. The van der Waals surface area contributed by atoms with Crippen LogP contribution in [0.25, 0.3) is 0 Å². The van der Waals surface area contributed by atoms with Crippen molar-refractivity contribution in [1.82, 2.24) is 15.2 Å². The van der Waals surface area contributed by atoms with Crippen LogP contribution in [-0.4, -0.2) is 53.2 Å². The molecule has 1 aliphatic carbocycles. The number of carbonyl (C=O) groups is 1. The summed E-state index contributed by atoms with van der Waals surface area (Å²) >= 11 is 1.52. The number of anilines is 1. The summed E-state index contributed by atoms with van der Waals surface area (Å²) in [5.74, 6) is 0.755. The van der Waals surface area contributed by atoms with Gasteiger partial charge in [0.15, 0.2) is 5.13 Å². The molecular formula is C19H30N4O2S. The standard InChI is InChI=1S/C19H30N4O2S/c1-12-8-23(9-13(2)25-12)10-15-11-26-19(20-15)22-18(24)17-7-14-5-3-4-6-16(14)21-17/h11-14,16-17,21H,3-10H2,1-2H3,(H,20,22,24). The van der Waals surface area contributed by atoms with E-state index in [0.717, 1.165) is 36.9 Å². The van der Waals surface area contributed by atoms with Gasteiger partial charge in [0.05, 0.1) is 23.9 Å². The quantitative estimate of drug-likeness (QED) is 0.843. The molecule has 1 saturated carbocycles. The Morgan fingerprint density at radius 2 is 2.12 bits per heavy atom. The van der Waals surface area contributed by atoms with Gasteiger partial charge in [0.25, 0.3) is 0 Å². The lowest BCUT2D eigenvalue weighted by Gasteiger charge is -2.34. The summed E-state index contributed by atoms with van der Waals surface area (Å²) in [5.41, 5.74) is 1.03. The van der Waals surface area contributed by atoms with Gasteiger partial charge in [-0.05, 0) is 39.0 Å². The summed E-state index contributed by atoms with van der Waals surface area (Å²) in [6.07, 6.45) is 6.56. The Morgan fingerprint density at radius 3 is 2.88 bits per heavy atom. The first-order valence-electron chi connectivity index (χ1n) is 9.96. The molecule has 3 heterocycles. The first kappa shape index (κ1) is 18.3. The Kier molecular flexibility index (Phi) is 5.59. The number of morpholine rings is 1. The van der Waals surface area contributed by atoms with Crippen molar-refractivity contribution in [2.24, 2.45) is 5.92 Å². The third-order valence-electron chi connectivity index (χ3n) is 5.84. The molecular weight excluding hydrogens is 348 g/mol. The Bertz CT molecular complexity index is 613. The summed E-state index contributed by atoms with van der Waals surface area (Å²) in [6, 6.07) is 0.480. The maximum Gasteiger partial charge on any atom is 0.243 e. The van der Waals surface area contributed by atoms with Crippen molar-refractivity contribution < 1.29 is 9.53 Å². The van der Waals surface area contributed by atoms with Gasteiger partial charge in [-0.2, -0.15) is 0 Å². The lowest BCUT2D eigenvalue weighted by molar-refractivity contribution is -0.117. The van der Waals surface area contributed by atoms with Crippen LogP contribution in [0.15, 0.2) is 5.38 Å². The Hall–Kier alpha value is -1.02. The summed E-state index contributed by atoms with van der Waals surface area (Å²) in [4.78, 5) is 19.6. The van der Waals surface area contributed by atoms with Gasteiger partial charge in [-0.1, -0.05) is 12.8 Å². The molecule has 3 fully saturated rings. The second kappa shape index (κ2) is 7.92. The highest BCUT2D eigenvalue weighted by atomic mass is 32.1. The lowest BCUT2D eigenvalue weighted by atomic mass is 9.85. The molecule has 5 atom stereocenters. The fourth-order valence-electron chi connectivity index (χ4n) is 4.79. The van der Waals surface area contributed by atoms with Crippen LogP contribution in [0, 0.1) is 5.92 Å². The van der Waals surface area contributed by atoms with Crippen molar-refractivity contribution in [3.63, 3.8) is 0 Å². The van der Waals surface area contributed by atoms with Crippen LogP contribution in [0.4, 0.5) is 5.13 Å². The van der Waals surface area contributed by atoms with Crippen LogP contribution >= 0.6 is 11.3 Å². The SMILES string of the molecule is CC1CN(Cc2csc(NC(=O)C3CC4CCCCC4N3)n2)CC(C)O1. The smallest absolute Gasteiger partial charge is 0.243 e. The van der Waals surface area contributed by atoms with Crippen molar-refractivity contribution in [2.45, 2.75) is 76.8 Å². The van der Waals surface area contributed by atoms with E-state index < -0.39 is 0 Å². The largest absolute Gasteiger partial charge is 0.373 e. The Morgan fingerprint density at radius 1 is 1.35 bits per heavy atom. The summed E-state index contributed by atoms with van der Waals surface area (Å²) < 4.78 is 5.79. The van der Waals surface area contributed by atoms with Crippen LogP contribution < -0.4 is 10.6 Å². The Balaban J connectivity index is 1.30. The molecule has 2 saturated heterocycles. The van der Waals surface area contributed by atoms with Gasteiger partial charge in [-0.25, -0.2) is 4.98 Å². The van der Waals surface area contributed by atoms with Crippen LogP contribution in [0.5, 0.6) is 0 Å². The van der Waals surface area contributed by atoms with Gasteiger partial charge in [-0.3, -0.25) is 9.69 Å². The van der Waals surface area contributed by atoms with E-state index in [0.29, 0.717) is 12.0 Å². The molecule has 5 unspecified atom stereocenters. The number of nitrogens with one attached hydrogen (secondary N) is 2. The number of hydrogen-bond acceptors (Lipinski definition) is 6. The van der Waals surface area contributed by atoms with Crippen LogP contribution in [0.2, 0.25) is 0 Å². The molecule has 6 nitrogen and oxygen atoms in total. The van der Waals surface area contributed by atoms with Gasteiger partial charge < -0.3 is 15.4 Å². The van der Waals surface area contributed by atoms with E-state index in [4.69, 9.17) is 4.74 Å². The topological polar surface area (TPSA) is 66.5 Å². The summed E-state index contributed by atoms with van der Waals surface area (Å²) in [7, 11) is 0. The molecule has 3 aliphatic rings. The van der Waals surface area contributed by atoms with E-state index in [1.54, 1.807) is 0 Å². The first-order valence-corrected chi connectivity index (χ1v) is 10.8. The third kappa shape index (κ3) is 4.27. The number of amides is 1. The van der Waals surface area contributed by atoms with Crippen LogP contribution in [-0.2, 0) is 16.1 Å². The van der Waals surface area contributed by atoms with Gasteiger partial charge in [0.2, 0.25) is 5.91 Å². The zero-order valence-electron chi connectivity index (χ0n) is 15.7. The van der Waals surface area contributed by atoms with Crippen LogP contribution in [0.3, 0.4) is 0 Å². The van der Waals surface area contributed by atoms with E-state index in [1.807, 2.05) is 0 Å². The fraction of sp³-hybridized carbons (Fsp3) is 0.789. The van der Waals surface area contributed by atoms with E-state index in [1.165, 1.54) is 37.0 Å². The number of nitrogens with zero attached hydrogens (tertiary/aromatic N) is 2. The van der Waals surface area contributed by atoms with Crippen LogP contribution in [0.1, 0.15) is 51.6 Å². The average Bonchev–Trinajstić information content (AvgIpc) is 3.20. The highest BCUT2D eigenvalue weighted by Crippen LogP contribution is 2.33. The molecule has 144 valence electrons. The first-order chi connectivity index (χ1) is 12.6.